The van der Waals surface area contributed by atoms with Gasteiger partial charge in [0.1, 0.15) is 4.60 Å². The molecule has 5 nitrogen and oxygen atoms in total. The van der Waals surface area contributed by atoms with Crippen LogP contribution in [0.3, 0.4) is 0 Å². The highest BCUT2D eigenvalue weighted by Gasteiger charge is 2.40. The number of aryl methyl sites for hydroxylation is 1. The number of hydrogen-bond acceptors (Lipinski definition) is 5. The molecule has 2 fully saturated rings. The second-order valence-electron chi connectivity index (χ2n) is 7.62. The zero-order valence-corrected chi connectivity index (χ0v) is 17.7. The molecule has 2 atom stereocenters. The number of halogens is 1. The summed E-state index contributed by atoms with van der Waals surface area (Å²) in [6.07, 6.45) is 2.60. The average molecular weight is 444 g/mol. The van der Waals surface area contributed by atoms with E-state index in [1.165, 1.54) is 11.1 Å². The van der Waals surface area contributed by atoms with Gasteiger partial charge in [-0.3, -0.25) is 14.6 Å². The Labute approximate surface area is 174 Å². The molecule has 1 aromatic heterocycles. The van der Waals surface area contributed by atoms with Crippen LogP contribution in [-0.2, 0) is 16.1 Å². The number of nitrogens with zero attached hydrogens (tertiary/aromatic N) is 3. The van der Waals surface area contributed by atoms with Gasteiger partial charge in [0.2, 0.25) is 0 Å². The first-order chi connectivity index (χ1) is 13.7. The maximum atomic E-state index is 11.6. The van der Waals surface area contributed by atoms with Crippen LogP contribution in [0.4, 0.5) is 0 Å². The van der Waals surface area contributed by atoms with Gasteiger partial charge in [-0.05, 0) is 66.0 Å². The lowest BCUT2D eigenvalue weighted by atomic mass is 9.98. The first kappa shape index (κ1) is 19.7. The average Bonchev–Trinajstić information content (AvgIpc) is 3.15. The summed E-state index contributed by atoms with van der Waals surface area (Å²) in [5.41, 5.74) is 3.58. The van der Waals surface area contributed by atoms with Crippen LogP contribution in [0.2, 0.25) is 0 Å². The molecule has 148 valence electrons. The summed E-state index contributed by atoms with van der Waals surface area (Å²) in [5.74, 6) is 0. The molecule has 0 bridgehead atoms. The van der Waals surface area contributed by atoms with Crippen molar-refractivity contribution < 1.29 is 9.53 Å². The molecule has 0 N–H and O–H groups in total. The standard InChI is InChI=1S/C22H26BrN3O2/c1-16-18(7-8-21(23)24-16)13-25-11-9-19(10-12-25)26-20(15-28-22(26)14-27)17-5-3-2-4-6-17/h2-8,14,19-20,22H,9-13,15H2,1H3. The van der Waals surface area contributed by atoms with E-state index in [2.05, 4.69) is 68.0 Å². The summed E-state index contributed by atoms with van der Waals surface area (Å²) >= 11 is 3.43. The zero-order chi connectivity index (χ0) is 19.5. The van der Waals surface area contributed by atoms with Crippen molar-refractivity contribution in [1.82, 2.24) is 14.8 Å². The van der Waals surface area contributed by atoms with Crippen molar-refractivity contribution in [2.24, 2.45) is 0 Å². The Kier molecular flexibility index (Phi) is 6.21. The normalized spacial score (nSPS) is 24.5. The molecule has 0 saturated carbocycles. The van der Waals surface area contributed by atoms with E-state index in [1.807, 2.05) is 12.1 Å². The Morgan fingerprint density at radius 1 is 1.18 bits per heavy atom. The van der Waals surface area contributed by atoms with Crippen LogP contribution >= 0.6 is 15.9 Å². The maximum Gasteiger partial charge on any atom is 0.167 e. The molecule has 0 spiro atoms. The van der Waals surface area contributed by atoms with Gasteiger partial charge >= 0.3 is 0 Å². The van der Waals surface area contributed by atoms with Crippen LogP contribution in [0.1, 0.15) is 35.7 Å². The van der Waals surface area contributed by atoms with E-state index in [1.54, 1.807) is 0 Å². The van der Waals surface area contributed by atoms with Crippen LogP contribution < -0.4 is 0 Å². The van der Waals surface area contributed by atoms with E-state index in [0.717, 1.165) is 49.1 Å². The summed E-state index contributed by atoms with van der Waals surface area (Å²) in [6, 6.07) is 15.1. The van der Waals surface area contributed by atoms with Crippen molar-refractivity contribution in [2.75, 3.05) is 19.7 Å². The number of carbonyl (C=O) groups excluding carboxylic acids is 1. The molecule has 0 amide bonds. The molecule has 2 saturated heterocycles. The fraction of sp³-hybridized carbons (Fsp3) is 0.455. The molecule has 3 heterocycles. The van der Waals surface area contributed by atoms with Gasteiger partial charge in [0, 0.05) is 18.3 Å². The summed E-state index contributed by atoms with van der Waals surface area (Å²) in [5, 5.41) is 0. The van der Waals surface area contributed by atoms with Gasteiger partial charge in [-0.2, -0.15) is 0 Å². The third kappa shape index (κ3) is 4.20. The third-order valence-corrected chi connectivity index (χ3v) is 6.35. The zero-order valence-electron chi connectivity index (χ0n) is 16.1. The number of ether oxygens (including phenoxy) is 1. The van der Waals surface area contributed by atoms with E-state index in [9.17, 15) is 4.79 Å². The van der Waals surface area contributed by atoms with Gasteiger partial charge < -0.3 is 4.74 Å². The second kappa shape index (κ2) is 8.82. The number of piperidine rings is 1. The first-order valence-electron chi connectivity index (χ1n) is 9.89. The summed E-state index contributed by atoms with van der Waals surface area (Å²) in [6.45, 7) is 5.60. The van der Waals surface area contributed by atoms with Crippen molar-refractivity contribution >= 4 is 22.2 Å². The number of rotatable bonds is 5. The van der Waals surface area contributed by atoms with E-state index < -0.39 is 6.23 Å². The van der Waals surface area contributed by atoms with Crippen molar-refractivity contribution in [3.8, 4) is 0 Å². The van der Waals surface area contributed by atoms with Gasteiger partial charge in [0.25, 0.3) is 0 Å². The van der Waals surface area contributed by atoms with Gasteiger partial charge in [-0.25, -0.2) is 4.98 Å². The molecule has 0 aliphatic carbocycles. The molecule has 6 heteroatoms. The Bertz CT molecular complexity index is 809. The molecule has 4 rings (SSSR count). The van der Waals surface area contributed by atoms with Crippen LogP contribution in [0.25, 0.3) is 0 Å². The molecule has 28 heavy (non-hydrogen) atoms. The number of carbonyl (C=O) groups is 1. The molecule has 2 unspecified atom stereocenters. The van der Waals surface area contributed by atoms with E-state index in [0.29, 0.717) is 12.6 Å². The van der Waals surface area contributed by atoms with Crippen LogP contribution in [0.15, 0.2) is 47.1 Å². The number of pyridine rings is 1. The fourth-order valence-electron chi connectivity index (χ4n) is 4.40. The molecule has 0 radical (unpaired) electrons. The molecular formula is C22H26BrN3O2. The fourth-order valence-corrected chi connectivity index (χ4v) is 4.80. The minimum atomic E-state index is -0.431. The SMILES string of the molecule is Cc1nc(Br)ccc1CN1CCC(N2C(C=O)OCC2c2ccccc2)CC1. The first-order valence-corrected chi connectivity index (χ1v) is 10.7. The summed E-state index contributed by atoms with van der Waals surface area (Å²) in [4.78, 5) is 20.9. The molecular weight excluding hydrogens is 418 g/mol. The summed E-state index contributed by atoms with van der Waals surface area (Å²) in [7, 11) is 0. The number of aldehydes is 1. The van der Waals surface area contributed by atoms with E-state index in [4.69, 9.17) is 4.74 Å². The monoisotopic (exact) mass is 443 g/mol. The van der Waals surface area contributed by atoms with Gasteiger partial charge in [-0.1, -0.05) is 36.4 Å². The van der Waals surface area contributed by atoms with Gasteiger partial charge in [0.15, 0.2) is 12.5 Å². The Morgan fingerprint density at radius 2 is 1.93 bits per heavy atom. The number of hydrogen-bond donors (Lipinski definition) is 0. The molecule has 2 aliphatic rings. The van der Waals surface area contributed by atoms with E-state index >= 15 is 0 Å². The minimum absolute atomic E-state index is 0.158. The van der Waals surface area contributed by atoms with Crippen LogP contribution in [0, 0.1) is 6.92 Å². The second-order valence-corrected chi connectivity index (χ2v) is 8.43. The van der Waals surface area contributed by atoms with E-state index in [-0.39, 0.29) is 6.04 Å². The highest BCUT2D eigenvalue weighted by Crippen LogP contribution is 2.35. The maximum absolute atomic E-state index is 11.6. The molecule has 2 aromatic rings. The molecule has 2 aliphatic heterocycles. The van der Waals surface area contributed by atoms with Crippen molar-refractivity contribution in [3.63, 3.8) is 0 Å². The van der Waals surface area contributed by atoms with Crippen molar-refractivity contribution in [2.45, 2.75) is 44.6 Å². The van der Waals surface area contributed by atoms with Crippen LogP contribution in [-0.4, -0.2) is 53.0 Å². The predicted octanol–water partition coefficient (Wildman–Crippen LogP) is 3.72. The largest absolute Gasteiger partial charge is 0.354 e. The lowest BCUT2D eigenvalue weighted by molar-refractivity contribution is -0.124. The predicted molar refractivity (Wildman–Crippen MR) is 112 cm³/mol. The Balaban J connectivity index is 1.42. The third-order valence-electron chi connectivity index (χ3n) is 5.91. The summed E-state index contributed by atoms with van der Waals surface area (Å²) < 4.78 is 6.70. The van der Waals surface area contributed by atoms with Gasteiger partial charge in [-0.15, -0.1) is 0 Å². The smallest absolute Gasteiger partial charge is 0.167 e. The highest BCUT2D eigenvalue weighted by molar-refractivity contribution is 9.10. The van der Waals surface area contributed by atoms with Crippen molar-refractivity contribution in [3.05, 3.63) is 63.9 Å². The topological polar surface area (TPSA) is 45.7 Å². The highest BCUT2D eigenvalue weighted by atomic mass is 79.9. The number of benzene rings is 1. The van der Waals surface area contributed by atoms with Crippen molar-refractivity contribution in [1.29, 1.82) is 0 Å². The molecule has 1 aromatic carbocycles. The number of likely N-dealkylation sites (tertiary alicyclic amines) is 1. The number of aromatic nitrogens is 1. The minimum Gasteiger partial charge on any atom is -0.354 e. The Morgan fingerprint density at radius 3 is 2.61 bits per heavy atom. The lowest BCUT2D eigenvalue weighted by Crippen LogP contribution is -2.48. The Hall–Kier alpha value is -1.60. The quantitative estimate of drug-likeness (QED) is 0.520. The van der Waals surface area contributed by atoms with Crippen LogP contribution in [0.5, 0.6) is 0 Å². The lowest BCUT2D eigenvalue weighted by Gasteiger charge is -2.40. The van der Waals surface area contributed by atoms with Gasteiger partial charge in [0.05, 0.1) is 12.6 Å².